The first kappa shape index (κ1) is 22.3. The Labute approximate surface area is 173 Å². The molecule has 2 aromatic rings. The maximum atomic E-state index is 12.8. The third-order valence-corrected chi connectivity index (χ3v) is 5.11. The fourth-order valence-corrected chi connectivity index (χ4v) is 3.23. The molecule has 29 heavy (non-hydrogen) atoms. The van der Waals surface area contributed by atoms with Crippen LogP contribution in [0, 0.1) is 0 Å². The molecule has 9 nitrogen and oxygen atoms in total. The summed E-state index contributed by atoms with van der Waals surface area (Å²) in [5.41, 5.74) is 6.43. The lowest BCUT2D eigenvalue weighted by atomic mass is 10.2. The molecule has 1 heterocycles. The van der Waals surface area contributed by atoms with Crippen LogP contribution in [0.4, 0.5) is 11.5 Å². The van der Waals surface area contributed by atoms with Crippen molar-refractivity contribution in [1.29, 1.82) is 0 Å². The minimum absolute atomic E-state index is 0.00526. The number of methoxy groups -OCH3 is 2. The van der Waals surface area contributed by atoms with Gasteiger partial charge in [-0.15, -0.1) is 0 Å². The van der Waals surface area contributed by atoms with Gasteiger partial charge in [-0.25, -0.2) is 14.8 Å². The fraction of sp³-hybridized carbons (Fsp3) is 0.368. The van der Waals surface area contributed by atoms with E-state index in [4.69, 9.17) is 19.9 Å². The fourth-order valence-electron chi connectivity index (χ4n) is 2.38. The number of benzene rings is 1. The molecule has 0 bridgehead atoms. The molecule has 3 N–H and O–H groups in total. The normalized spacial score (nSPS) is 11.4. The highest BCUT2D eigenvalue weighted by molar-refractivity contribution is 8.00. The lowest BCUT2D eigenvalue weighted by molar-refractivity contribution is -0.115. The van der Waals surface area contributed by atoms with Gasteiger partial charge in [-0.05, 0) is 25.5 Å². The minimum atomic E-state index is -0.587. The van der Waals surface area contributed by atoms with Gasteiger partial charge in [0.05, 0.1) is 31.8 Å². The van der Waals surface area contributed by atoms with E-state index in [0.29, 0.717) is 23.6 Å². The summed E-state index contributed by atoms with van der Waals surface area (Å²) in [6.45, 7) is 3.79. The molecule has 1 unspecified atom stereocenters. The number of nitrogens with one attached hydrogen (secondary N) is 1. The zero-order valence-electron chi connectivity index (χ0n) is 16.7. The van der Waals surface area contributed by atoms with E-state index in [-0.39, 0.29) is 29.1 Å². The second-order valence-electron chi connectivity index (χ2n) is 5.74. The Morgan fingerprint density at radius 1 is 1.24 bits per heavy atom. The first-order chi connectivity index (χ1) is 13.9. The van der Waals surface area contributed by atoms with Crippen LogP contribution < -0.4 is 20.5 Å². The summed E-state index contributed by atoms with van der Waals surface area (Å²) < 4.78 is 15.4. The maximum absolute atomic E-state index is 12.8. The smallest absolute Gasteiger partial charge is 0.343 e. The molecule has 2 rings (SSSR count). The van der Waals surface area contributed by atoms with Crippen LogP contribution in [-0.4, -0.2) is 47.9 Å². The third-order valence-electron chi connectivity index (χ3n) is 3.87. The predicted octanol–water partition coefficient (Wildman–Crippen LogP) is 2.76. The number of hydrogen-bond acceptors (Lipinski definition) is 9. The van der Waals surface area contributed by atoms with Gasteiger partial charge >= 0.3 is 5.97 Å². The van der Waals surface area contributed by atoms with Crippen molar-refractivity contribution in [1.82, 2.24) is 9.97 Å². The molecule has 1 aromatic carbocycles. The molecule has 1 amide bonds. The summed E-state index contributed by atoms with van der Waals surface area (Å²) in [5.74, 6) is 0.272. The molecular formula is C19H24N4O5S. The number of nitrogens with zero attached hydrogens (tertiary/aromatic N) is 2. The molecule has 0 saturated carbocycles. The summed E-state index contributed by atoms with van der Waals surface area (Å²) in [4.78, 5) is 32.8. The van der Waals surface area contributed by atoms with Gasteiger partial charge in [0.1, 0.15) is 22.9 Å². The molecule has 0 spiro atoms. The Morgan fingerprint density at radius 3 is 2.59 bits per heavy atom. The summed E-state index contributed by atoms with van der Waals surface area (Å²) >= 11 is 1.15. The van der Waals surface area contributed by atoms with Crippen LogP contribution in [0.1, 0.15) is 30.6 Å². The van der Waals surface area contributed by atoms with Crippen LogP contribution in [0.2, 0.25) is 0 Å². The highest BCUT2D eigenvalue weighted by atomic mass is 32.2. The van der Waals surface area contributed by atoms with E-state index in [1.807, 2.05) is 6.92 Å². The lowest BCUT2D eigenvalue weighted by Gasteiger charge is -2.16. The number of hydrogen-bond donors (Lipinski definition) is 2. The van der Waals surface area contributed by atoms with Crippen LogP contribution in [0.25, 0.3) is 0 Å². The molecule has 0 fully saturated rings. The van der Waals surface area contributed by atoms with Crippen molar-refractivity contribution in [3.8, 4) is 11.5 Å². The van der Waals surface area contributed by atoms with Gasteiger partial charge < -0.3 is 25.3 Å². The van der Waals surface area contributed by atoms with Crippen molar-refractivity contribution >= 4 is 35.1 Å². The zero-order chi connectivity index (χ0) is 21.4. The topological polar surface area (TPSA) is 126 Å². The Balaban J connectivity index is 2.15. The van der Waals surface area contributed by atoms with Crippen molar-refractivity contribution in [2.45, 2.75) is 30.7 Å². The first-order valence-corrected chi connectivity index (χ1v) is 9.80. The monoisotopic (exact) mass is 420 g/mol. The van der Waals surface area contributed by atoms with Crippen molar-refractivity contribution in [2.75, 3.05) is 31.9 Å². The van der Waals surface area contributed by atoms with Gasteiger partial charge in [0.15, 0.2) is 5.16 Å². The van der Waals surface area contributed by atoms with Crippen LogP contribution in [0.5, 0.6) is 11.5 Å². The number of anilines is 2. The van der Waals surface area contributed by atoms with Gasteiger partial charge in [-0.1, -0.05) is 18.7 Å². The molecule has 0 aliphatic heterocycles. The van der Waals surface area contributed by atoms with Crippen LogP contribution in [-0.2, 0) is 9.53 Å². The SMILES string of the molecule is CCOC(=O)c1cnc(SC(CC)C(=O)Nc2cc(OC)ccc2OC)nc1N. The number of nitrogens with two attached hydrogens (primary N) is 1. The highest BCUT2D eigenvalue weighted by Gasteiger charge is 2.22. The Morgan fingerprint density at radius 2 is 2.00 bits per heavy atom. The number of amides is 1. The molecule has 0 aliphatic rings. The minimum Gasteiger partial charge on any atom is -0.497 e. The van der Waals surface area contributed by atoms with E-state index in [9.17, 15) is 9.59 Å². The van der Waals surface area contributed by atoms with E-state index in [1.165, 1.54) is 13.3 Å². The molecule has 10 heteroatoms. The lowest BCUT2D eigenvalue weighted by Crippen LogP contribution is -2.25. The third kappa shape index (κ3) is 5.74. The second kappa shape index (κ2) is 10.5. The maximum Gasteiger partial charge on any atom is 0.343 e. The molecule has 156 valence electrons. The number of nitrogen functional groups attached to an aromatic ring is 1. The standard InChI is InChI=1S/C19H24N4O5S/c1-5-15(17(24)22-13-9-11(26-3)7-8-14(13)27-4)29-19-21-10-12(16(20)23-19)18(25)28-6-2/h7-10,15H,5-6H2,1-4H3,(H,22,24)(H2,20,21,23). The summed E-state index contributed by atoms with van der Waals surface area (Å²) in [6.07, 6.45) is 1.82. The number of aromatic nitrogens is 2. The number of esters is 1. The number of ether oxygens (including phenoxy) is 3. The van der Waals surface area contributed by atoms with Crippen LogP contribution in [0.15, 0.2) is 29.6 Å². The molecular weight excluding hydrogens is 396 g/mol. The number of carbonyl (C=O) groups excluding carboxylic acids is 2. The quantitative estimate of drug-likeness (QED) is 0.358. The molecule has 1 aromatic heterocycles. The Hall–Kier alpha value is -3.01. The van der Waals surface area contributed by atoms with E-state index in [0.717, 1.165) is 11.8 Å². The van der Waals surface area contributed by atoms with Crippen molar-refractivity contribution < 1.29 is 23.8 Å². The van der Waals surface area contributed by atoms with E-state index < -0.39 is 11.2 Å². The van der Waals surface area contributed by atoms with Crippen LogP contribution >= 0.6 is 11.8 Å². The van der Waals surface area contributed by atoms with Crippen molar-refractivity contribution in [3.63, 3.8) is 0 Å². The predicted molar refractivity (Wildman–Crippen MR) is 111 cm³/mol. The molecule has 1 atom stereocenters. The summed E-state index contributed by atoms with van der Waals surface area (Å²) in [6, 6.07) is 5.12. The average molecular weight is 420 g/mol. The number of thioether (sulfide) groups is 1. The Bertz CT molecular complexity index is 878. The molecule has 0 aliphatic carbocycles. The zero-order valence-corrected chi connectivity index (χ0v) is 17.5. The van der Waals surface area contributed by atoms with E-state index in [2.05, 4.69) is 15.3 Å². The number of carbonyl (C=O) groups is 2. The second-order valence-corrected chi connectivity index (χ2v) is 6.91. The summed E-state index contributed by atoms with van der Waals surface area (Å²) in [7, 11) is 3.06. The van der Waals surface area contributed by atoms with Crippen LogP contribution in [0.3, 0.4) is 0 Å². The van der Waals surface area contributed by atoms with Gasteiger partial charge in [0.2, 0.25) is 5.91 Å². The van der Waals surface area contributed by atoms with Crippen molar-refractivity contribution in [2.24, 2.45) is 0 Å². The Kier molecular flexibility index (Phi) is 8.08. The van der Waals surface area contributed by atoms with E-state index in [1.54, 1.807) is 32.2 Å². The van der Waals surface area contributed by atoms with Gasteiger partial charge in [0.25, 0.3) is 0 Å². The van der Waals surface area contributed by atoms with Crippen molar-refractivity contribution in [3.05, 3.63) is 30.0 Å². The summed E-state index contributed by atoms with van der Waals surface area (Å²) in [5, 5.41) is 2.64. The van der Waals surface area contributed by atoms with Gasteiger partial charge in [-0.3, -0.25) is 4.79 Å². The highest BCUT2D eigenvalue weighted by Crippen LogP contribution is 2.31. The number of rotatable bonds is 9. The van der Waals surface area contributed by atoms with E-state index >= 15 is 0 Å². The average Bonchev–Trinajstić information content (AvgIpc) is 2.71. The van der Waals surface area contributed by atoms with Gasteiger partial charge in [-0.2, -0.15) is 0 Å². The molecule has 0 saturated heterocycles. The molecule has 0 radical (unpaired) electrons. The first-order valence-electron chi connectivity index (χ1n) is 8.92. The van der Waals surface area contributed by atoms with Gasteiger partial charge in [0, 0.05) is 12.3 Å². The largest absolute Gasteiger partial charge is 0.497 e.